The van der Waals surface area contributed by atoms with Crippen LogP contribution in [0, 0.1) is 19.8 Å². The molecule has 29 heavy (non-hydrogen) atoms. The van der Waals surface area contributed by atoms with Gasteiger partial charge in [0.2, 0.25) is 0 Å². The second kappa shape index (κ2) is 9.63. The van der Waals surface area contributed by atoms with Crippen molar-refractivity contribution < 1.29 is 14.1 Å². The van der Waals surface area contributed by atoms with E-state index in [4.69, 9.17) is 9.26 Å². The van der Waals surface area contributed by atoms with E-state index in [1.54, 1.807) is 0 Å². The van der Waals surface area contributed by atoms with Crippen LogP contribution in [0.1, 0.15) is 50.0 Å². The van der Waals surface area contributed by atoms with E-state index in [2.05, 4.69) is 42.5 Å². The Kier molecular flexibility index (Phi) is 6.96. The summed E-state index contributed by atoms with van der Waals surface area (Å²) in [6, 6.07) is 8.09. The van der Waals surface area contributed by atoms with Crippen molar-refractivity contribution in [2.24, 2.45) is 5.92 Å². The number of nitrogens with zero attached hydrogens (tertiary/aromatic N) is 2. The fourth-order valence-corrected chi connectivity index (χ4v) is 3.41. The summed E-state index contributed by atoms with van der Waals surface area (Å²) in [5.74, 6) is 2.43. The monoisotopic (exact) mass is 397 g/mol. The Hall–Kier alpha value is -2.76. The van der Waals surface area contributed by atoms with Gasteiger partial charge in [-0.2, -0.15) is 0 Å². The van der Waals surface area contributed by atoms with Crippen LogP contribution < -0.4 is 10.1 Å². The maximum Gasteiger partial charge on any atom is 0.323 e. The number of benzene rings is 1. The summed E-state index contributed by atoms with van der Waals surface area (Å²) in [5.41, 5.74) is 3.37. The highest BCUT2D eigenvalue weighted by atomic mass is 16.5. The van der Waals surface area contributed by atoms with Gasteiger partial charge in [0.1, 0.15) is 11.5 Å². The number of ether oxygens (including phenoxy) is 1. The van der Waals surface area contributed by atoms with Crippen molar-refractivity contribution in [3.63, 3.8) is 0 Å². The highest BCUT2D eigenvalue weighted by Crippen LogP contribution is 2.27. The molecule has 1 aliphatic heterocycles. The Morgan fingerprint density at radius 3 is 2.93 bits per heavy atom. The molecule has 156 valence electrons. The highest BCUT2D eigenvalue weighted by molar-refractivity contribution is 5.89. The van der Waals surface area contributed by atoms with Crippen molar-refractivity contribution in [2.45, 2.75) is 47.0 Å². The van der Waals surface area contributed by atoms with Crippen LogP contribution in [0.3, 0.4) is 0 Å². The Bertz CT molecular complexity index is 872. The Morgan fingerprint density at radius 1 is 1.41 bits per heavy atom. The molecule has 0 saturated carbocycles. The first-order chi connectivity index (χ1) is 14.0. The smallest absolute Gasteiger partial charge is 0.323 e. The largest absolute Gasteiger partial charge is 0.494 e. The number of amides is 2. The number of likely N-dealkylation sites (tertiary alicyclic amines) is 1. The molecular weight excluding hydrogens is 366 g/mol. The number of carbonyl (C=O) groups excluding carboxylic acids is 1. The Labute approximate surface area is 172 Å². The van der Waals surface area contributed by atoms with Gasteiger partial charge in [0.05, 0.1) is 6.61 Å². The van der Waals surface area contributed by atoms with Gasteiger partial charge in [-0.05, 0) is 50.3 Å². The lowest BCUT2D eigenvalue weighted by Crippen LogP contribution is -2.42. The maximum atomic E-state index is 12.6. The van der Waals surface area contributed by atoms with Crippen molar-refractivity contribution >= 4 is 17.9 Å². The summed E-state index contributed by atoms with van der Waals surface area (Å²) in [5, 5.41) is 6.78. The van der Waals surface area contributed by atoms with E-state index in [-0.39, 0.29) is 6.03 Å². The third-order valence-corrected chi connectivity index (χ3v) is 5.44. The fourth-order valence-electron chi connectivity index (χ4n) is 3.41. The van der Waals surface area contributed by atoms with E-state index in [1.807, 2.05) is 30.9 Å². The molecule has 1 aromatic carbocycles. The lowest BCUT2D eigenvalue weighted by atomic mass is 9.91. The third-order valence-electron chi connectivity index (χ3n) is 5.44. The van der Waals surface area contributed by atoms with Gasteiger partial charge in [-0.25, -0.2) is 4.79 Å². The minimum absolute atomic E-state index is 0.126. The summed E-state index contributed by atoms with van der Waals surface area (Å²) >= 11 is 0. The predicted octanol–water partition coefficient (Wildman–Crippen LogP) is 5.43. The zero-order chi connectivity index (χ0) is 20.8. The van der Waals surface area contributed by atoms with Gasteiger partial charge < -0.3 is 14.2 Å². The second-order valence-electron chi connectivity index (χ2n) is 7.73. The van der Waals surface area contributed by atoms with Crippen molar-refractivity contribution in [1.82, 2.24) is 10.1 Å². The number of hydrogen-bond donors (Lipinski definition) is 1. The molecule has 2 aromatic rings. The van der Waals surface area contributed by atoms with Crippen LogP contribution in [0.25, 0.3) is 6.08 Å². The summed E-state index contributed by atoms with van der Waals surface area (Å²) < 4.78 is 10.9. The molecule has 1 N–H and O–H groups in total. The molecule has 1 aromatic heterocycles. The molecule has 1 fully saturated rings. The molecule has 6 nitrogen and oxygen atoms in total. The zero-order valence-corrected chi connectivity index (χ0v) is 17.8. The van der Waals surface area contributed by atoms with Crippen molar-refractivity contribution in [1.29, 1.82) is 0 Å². The maximum absolute atomic E-state index is 12.6. The molecule has 1 unspecified atom stereocenters. The summed E-state index contributed by atoms with van der Waals surface area (Å²) in [4.78, 5) is 14.4. The number of piperidine rings is 1. The van der Waals surface area contributed by atoms with Crippen molar-refractivity contribution in [3.05, 3.63) is 46.7 Å². The number of carbonyl (C=O) groups is 1. The average Bonchev–Trinajstić information content (AvgIpc) is 3.02. The molecule has 0 radical (unpaired) electrons. The van der Waals surface area contributed by atoms with E-state index in [0.717, 1.165) is 48.5 Å². The number of rotatable bonds is 6. The molecule has 2 heterocycles. The van der Waals surface area contributed by atoms with Crippen molar-refractivity contribution in [2.75, 3.05) is 25.0 Å². The molecule has 1 atom stereocenters. The van der Waals surface area contributed by atoms with Crippen LogP contribution in [0.4, 0.5) is 10.6 Å². The number of unbranched alkanes of at least 4 members (excludes halogenated alkanes) is 1. The molecule has 3 rings (SSSR count). The second-order valence-corrected chi connectivity index (χ2v) is 7.73. The summed E-state index contributed by atoms with van der Waals surface area (Å²) in [6.07, 6.45) is 5.28. The van der Waals surface area contributed by atoms with Crippen LogP contribution in [0.15, 0.2) is 34.4 Å². The quantitative estimate of drug-likeness (QED) is 0.660. The highest BCUT2D eigenvalue weighted by Gasteiger charge is 2.25. The lowest BCUT2D eigenvalue weighted by Gasteiger charge is -2.33. The van der Waals surface area contributed by atoms with Gasteiger partial charge in [0.15, 0.2) is 5.82 Å². The Balaban J connectivity index is 1.60. The van der Waals surface area contributed by atoms with Crippen LogP contribution >= 0.6 is 0 Å². The SMILES string of the molecule is CCCCOc1cccc(C=C2CCN(C(=O)Nc3noc(C)c3C)CC2C)c1. The van der Waals surface area contributed by atoms with Gasteiger partial charge in [-0.3, -0.25) is 5.32 Å². The standard InChI is InChI=1S/C23H31N3O3/c1-5-6-12-28-21-9-7-8-19(14-21)13-20-10-11-26(15-16(20)2)23(27)24-22-17(3)18(4)29-25-22/h7-9,13-14,16H,5-6,10-12,15H2,1-4H3,(H,24,25,27). The number of hydrogen-bond acceptors (Lipinski definition) is 4. The molecule has 1 aliphatic rings. The minimum atomic E-state index is -0.126. The predicted molar refractivity (Wildman–Crippen MR) is 115 cm³/mol. The topological polar surface area (TPSA) is 67.6 Å². The van der Waals surface area contributed by atoms with E-state index in [9.17, 15) is 4.79 Å². The summed E-state index contributed by atoms with van der Waals surface area (Å²) in [7, 11) is 0. The Morgan fingerprint density at radius 2 is 2.24 bits per heavy atom. The number of anilines is 1. The van der Waals surface area contributed by atoms with E-state index < -0.39 is 0 Å². The molecule has 6 heteroatoms. The summed E-state index contributed by atoms with van der Waals surface area (Å²) in [6.45, 7) is 10.2. The third kappa shape index (κ3) is 5.40. The van der Waals surface area contributed by atoms with E-state index in [0.29, 0.717) is 24.8 Å². The first-order valence-corrected chi connectivity index (χ1v) is 10.4. The van der Waals surface area contributed by atoms with Gasteiger partial charge in [-0.15, -0.1) is 0 Å². The number of aromatic nitrogens is 1. The van der Waals surface area contributed by atoms with Crippen molar-refractivity contribution in [3.8, 4) is 5.75 Å². The molecule has 0 spiro atoms. The number of urea groups is 1. The van der Waals surface area contributed by atoms with Crippen LogP contribution in [-0.2, 0) is 0 Å². The normalized spacial score (nSPS) is 18.1. The van der Waals surface area contributed by atoms with Gasteiger partial charge in [0.25, 0.3) is 0 Å². The van der Waals surface area contributed by atoms with Crippen LogP contribution in [-0.4, -0.2) is 35.8 Å². The van der Waals surface area contributed by atoms with Crippen LogP contribution in [0.5, 0.6) is 5.75 Å². The first-order valence-electron chi connectivity index (χ1n) is 10.4. The zero-order valence-electron chi connectivity index (χ0n) is 17.8. The molecular formula is C23H31N3O3. The molecule has 0 aliphatic carbocycles. The first kappa shape index (κ1) is 21.0. The number of nitrogens with one attached hydrogen (secondary N) is 1. The van der Waals surface area contributed by atoms with E-state index in [1.165, 1.54) is 5.57 Å². The number of aryl methyl sites for hydroxylation is 1. The molecule has 2 amide bonds. The van der Waals surface area contributed by atoms with Crippen LogP contribution in [0.2, 0.25) is 0 Å². The fraction of sp³-hybridized carbons (Fsp3) is 0.478. The average molecular weight is 398 g/mol. The van der Waals surface area contributed by atoms with Gasteiger partial charge >= 0.3 is 6.03 Å². The lowest BCUT2D eigenvalue weighted by molar-refractivity contribution is 0.197. The molecule has 1 saturated heterocycles. The molecule has 0 bridgehead atoms. The van der Waals surface area contributed by atoms with E-state index >= 15 is 0 Å². The van der Waals surface area contributed by atoms with Gasteiger partial charge in [0, 0.05) is 18.7 Å². The minimum Gasteiger partial charge on any atom is -0.494 e. The van der Waals surface area contributed by atoms with Gasteiger partial charge in [-0.1, -0.05) is 49.2 Å².